The smallest absolute Gasteiger partial charge is 0.253 e. The van der Waals surface area contributed by atoms with Crippen molar-refractivity contribution in [2.45, 2.75) is 26.3 Å². The SMILES string of the molecule is CCC(/C(C)=C/C(CNC(=O)c1cccnc1)=N/O)[N+](=O)[O-]. The molecule has 1 heterocycles. The number of nitrogens with zero attached hydrogens (tertiary/aromatic N) is 3. The average molecular weight is 306 g/mol. The molecule has 1 aromatic rings. The molecule has 2 N–H and O–H groups in total. The molecule has 1 aromatic heterocycles. The minimum Gasteiger partial charge on any atom is -0.411 e. The van der Waals surface area contributed by atoms with Gasteiger partial charge in [0.1, 0.15) is 0 Å². The molecule has 8 heteroatoms. The maximum Gasteiger partial charge on any atom is 0.253 e. The van der Waals surface area contributed by atoms with Crippen LogP contribution in [0.25, 0.3) is 0 Å². The Balaban J connectivity index is 2.70. The Hall–Kier alpha value is -2.77. The fraction of sp³-hybridized carbons (Fsp3) is 0.357. The summed E-state index contributed by atoms with van der Waals surface area (Å²) in [6.45, 7) is 3.24. The van der Waals surface area contributed by atoms with Gasteiger partial charge >= 0.3 is 0 Å². The summed E-state index contributed by atoms with van der Waals surface area (Å²) in [6.07, 6.45) is 4.69. The highest BCUT2D eigenvalue weighted by molar-refractivity contribution is 6.01. The summed E-state index contributed by atoms with van der Waals surface area (Å²) in [5.74, 6) is -0.373. The predicted octanol–water partition coefficient (Wildman–Crippen LogP) is 1.64. The number of rotatable bonds is 7. The molecule has 1 amide bonds. The van der Waals surface area contributed by atoms with E-state index in [0.29, 0.717) is 17.6 Å². The Kier molecular flexibility index (Phi) is 6.68. The average Bonchev–Trinajstić information content (AvgIpc) is 2.52. The first-order valence-corrected chi connectivity index (χ1v) is 6.70. The normalized spacial score (nSPS) is 13.5. The molecule has 0 aliphatic heterocycles. The third-order valence-corrected chi connectivity index (χ3v) is 3.04. The van der Waals surface area contributed by atoms with Gasteiger partial charge < -0.3 is 10.5 Å². The van der Waals surface area contributed by atoms with E-state index < -0.39 is 11.0 Å². The zero-order valence-electron chi connectivity index (χ0n) is 12.4. The number of carbonyl (C=O) groups is 1. The molecule has 0 bridgehead atoms. The van der Waals surface area contributed by atoms with Gasteiger partial charge in [-0.05, 0) is 25.1 Å². The number of amides is 1. The molecule has 22 heavy (non-hydrogen) atoms. The van der Waals surface area contributed by atoms with Crippen molar-refractivity contribution in [3.8, 4) is 0 Å². The van der Waals surface area contributed by atoms with Crippen molar-refractivity contribution in [3.05, 3.63) is 51.9 Å². The molecule has 1 rings (SSSR count). The fourth-order valence-corrected chi connectivity index (χ4v) is 1.88. The van der Waals surface area contributed by atoms with Gasteiger partial charge in [-0.25, -0.2) is 0 Å². The Labute approximate surface area is 127 Å². The molecule has 0 radical (unpaired) electrons. The highest BCUT2D eigenvalue weighted by atomic mass is 16.6. The van der Waals surface area contributed by atoms with Gasteiger partial charge in [-0.15, -0.1) is 0 Å². The molecule has 8 nitrogen and oxygen atoms in total. The van der Waals surface area contributed by atoms with E-state index in [0.717, 1.165) is 0 Å². The van der Waals surface area contributed by atoms with E-state index in [-0.39, 0.29) is 18.2 Å². The summed E-state index contributed by atoms with van der Waals surface area (Å²) in [5.41, 5.74) is 0.961. The topological polar surface area (TPSA) is 118 Å². The summed E-state index contributed by atoms with van der Waals surface area (Å²) in [6, 6.07) is 2.38. The highest BCUT2D eigenvalue weighted by Crippen LogP contribution is 2.09. The largest absolute Gasteiger partial charge is 0.411 e. The maximum atomic E-state index is 11.8. The van der Waals surface area contributed by atoms with Crippen molar-refractivity contribution in [3.63, 3.8) is 0 Å². The van der Waals surface area contributed by atoms with Crippen LogP contribution >= 0.6 is 0 Å². The number of hydrogen-bond acceptors (Lipinski definition) is 6. The summed E-state index contributed by atoms with van der Waals surface area (Å²) < 4.78 is 0. The first-order chi connectivity index (χ1) is 10.5. The molecule has 0 spiro atoms. The molecule has 0 saturated heterocycles. The Morgan fingerprint density at radius 2 is 2.36 bits per heavy atom. The second-order valence-electron chi connectivity index (χ2n) is 4.61. The van der Waals surface area contributed by atoms with Crippen LogP contribution in [-0.2, 0) is 0 Å². The molecular formula is C14H18N4O4. The van der Waals surface area contributed by atoms with Gasteiger partial charge in [-0.1, -0.05) is 12.1 Å². The summed E-state index contributed by atoms with van der Waals surface area (Å²) in [7, 11) is 0. The van der Waals surface area contributed by atoms with Crippen LogP contribution in [0.15, 0.2) is 41.3 Å². The van der Waals surface area contributed by atoms with Crippen molar-refractivity contribution in [2.24, 2.45) is 5.16 Å². The van der Waals surface area contributed by atoms with E-state index in [1.807, 2.05) is 0 Å². The molecule has 118 valence electrons. The molecule has 0 saturated carbocycles. The van der Waals surface area contributed by atoms with Crippen LogP contribution in [0.5, 0.6) is 0 Å². The quantitative estimate of drug-likeness (QED) is 0.343. The minimum atomic E-state index is -0.842. The number of carbonyl (C=O) groups excluding carboxylic acids is 1. The zero-order valence-corrected chi connectivity index (χ0v) is 12.4. The number of oxime groups is 1. The van der Waals surface area contributed by atoms with E-state index in [2.05, 4.69) is 15.5 Å². The number of hydrogen-bond donors (Lipinski definition) is 2. The van der Waals surface area contributed by atoms with Crippen LogP contribution in [-0.4, -0.2) is 39.3 Å². The van der Waals surface area contributed by atoms with Crippen LogP contribution < -0.4 is 5.32 Å². The first kappa shape index (κ1) is 17.3. The number of nitrogens with one attached hydrogen (secondary N) is 1. The van der Waals surface area contributed by atoms with Gasteiger partial charge in [0.05, 0.1) is 17.8 Å². The van der Waals surface area contributed by atoms with Crippen LogP contribution in [0, 0.1) is 10.1 Å². The van der Waals surface area contributed by atoms with Crippen molar-refractivity contribution >= 4 is 11.6 Å². The zero-order chi connectivity index (χ0) is 16.5. The summed E-state index contributed by atoms with van der Waals surface area (Å²) in [5, 5.41) is 25.5. The summed E-state index contributed by atoms with van der Waals surface area (Å²) >= 11 is 0. The van der Waals surface area contributed by atoms with E-state index in [4.69, 9.17) is 5.21 Å². The maximum absolute atomic E-state index is 11.8. The van der Waals surface area contributed by atoms with E-state index in [1.54, 1.807) is 32.2 Å². The fourth-order valence-electron chi connectivity index (χ4n) is 1.88. The first-order valence-electron chi connectivity index (χ1n) is 6.70. The third kappa shape index (κ3) is 4.97. The van der Waals surface area contributed by atoms with Crippen LogP contribution in [0.1, 0.15) is 30.6 Å². The van der Waals surface area contributed by atoms with Gasteiger partial charge in [0.25, 0.3) is 5.91 Å². The lowest BCUT2D eigenvalue weighted by Crippen LogP contribution is -2.29. The third-order valence-electron chi connectivity index (χ3n) is 3.04. The van der Waals surface area contributed by atoms with Crippen molar-refractivity contribution < 1.29 is 14.9 Å². The van der Waals surface area contributed by atoms with Crippen molar-refractivity contribution in [2.75, 3.05) is 6.54 Å². The molecule has 1 atom stereocenters. The molecule has 0 aliphatic carbocycles. The number of aromatic nitrogens is 1. The standard InChI is InChI=1S/C14H18N4O4/c1-3-13(18(21)22)10(2)7-12(17-20)9-16-14(19)11-5-4-6-15-8-11/h4-8,13,20H,3,9H2,1-2H3,(H,16,19)/b10-7+,17-12-. The Morgan fingerprint density at radius 1 is 1.64 bits per heavy atom. The minimum absolute atomic E-state index is 0.0459. The number of nitro groups is 1. The lowest BCUT2D eigenvalue weighted by molar-refractivity contribution is -0.512. The molecule has 0 aliphatic rings. The molecular weight excluding hydrogens is 288 g/mol. The van der Waals surface area contributed by atoms with Gasteiger partial charge in [0.2, 0.25) is 6.04 Å². The highest BCUT2D eigenvalue weighted by Gasteiger charge is 2.20. The Bertz CT molecular complexity index is 584. The Morgan fingerprint density at radius 3 is 2.86 bits per heavy atom. The van der Waals surface area contributed by atoms with Gasteiger partial charge in [0.15, 0.2) is 0 Å². The second kappa shape index (κ2) is 8.50. The van der Waals surface area contributed by atoms with Crippen LogP contribution in [0.3, 0.4) is 0 Å². The van der Waals surface area contributed by atoms with Crippen LogP contribution in [0.2, 0.25) is 0 Å². The van der Waals surface area contributed by atoms with Crippen LogP contribution in [0.4, 0.5) is 0 Å². The van der Waals surface area contributed by atoms with E-state index in [1.165, 1.54) is 12.3 Å². The molecule has 0 aromatic carbocycles. The predicted molar refractivity (Wildman–Crippen MR) is 80.6 cm³/mol. The van der Waals surface area contributed by atoms with Gasteiger partial charge in [-0.2, -0.15) is 0 Å². The number of pyridine rings is 1. The van der Waals surface area contributed by atoms with E-state index >= 15 is 0 Å². The van der Waals surface area contributed by atoms with Crippen molar-refractivity contribution in [1.82, 2.24) is 10.3 Å². The second-order valence-corrected chi connectivity index (χ2v) is 4.61. The summed E-state index contributed by atoms with van der Waals surface area (Å²) in [4.78, 5) is 26.1. The van der Waals surface area contributed by atoms with Gasteiger partial charge in [0, 0.05) is 29.3 Å². The van der Waals surface area contributed by atoms with Crippen molar-refractivity contribution in [1.29, 1.82) is 0 Å². The molecule has 0 fully saturated rings. The van der Waals surface area contributed by atoms with E-state index in [9.17, 15) is 14.9 Å². The lowest BCUT2D eigenvalue weighted by atomic mass is 10.1. The lowest BCUT2D eigenvalue weighted by Gasteiger charge is -2.08. The van der Waals surface area contributed by atoms with Gasteiger partial charge in [-0.3, -0.25) is 19.9 Å². The molecule has 1 unspecified atom stereocenters. The monoisotopic (exact) mass is 306 g/mol.